The van der Waals surface area contributed by atoms with Gasteiger partial charge >= 0.3 is 5.97 Å². The molecule has 45 heavy (non-hydrogen) atoms. The zero-order valence-corrected chi connectivity index (χ0v) is 25.5. The van der Waals surface area contributed by atoms with Crippen molar-refractivity contribution in [2.75, 3.05) is 38.3 Å². The second-order valence-electron chi connectivity index (χ2n) is 11.6. The van der Waals surface area contributed by atoms with Gasteiger partial charge in [0.15, 0.2) is 5.60 Å². The van der Waals surface area contributed by atoms with Crippen LogP contribution in [0.2, 0.25) is 0 Å². The number of carbonyl (C=O) groups is 1. The Bertz CT molecular complexity index is 1760. The topological polar surface area (TPSA) is 66.5 Å². The lowest BCUT2D eigenvalue weighted by molar-refractivity contribution is -0.0639. The molecule has 2 atom stereocenters. The number of rotatable bonds is 8. The predicted molar refractivity (Wildman–Crippen MR) is 171 cm³/mol. The summed E-state index contributed by atoms with van der Waals surface area (Å²) in [7, 11) is 1.60. The number of nitrogens with zero attached hydrogens (tertiary/aromatic N) is 1. The van der Waals surface area contributed by atoms with Gasteiger partial charge in [0.05, 0.1) is 20.3 Å². The number of fused-ring (bicyclic) bond motifs is 6. The molecule has 0 radical (unpaired) electrons. The van der Waals surface area contributed by atoms with Crippen molar-refractivity contribution < 1.29 is 32.9 Å². The molecule has 4 aromatic carbocycles. The number of hydrogen-bond donors (Lipinski definition) is 0. The van der Waals surface area contributed by atoms with Crippen LogP contribution in [0.1, 0.15) is 59.7 Å². The van der Waals surface area contributed by atoms with Gasteiger partial charge < -0.3 is 28.6 Å². The minimum atomic E-state index is -1.34. The Kier molecular flexibility index (Phi) is 7.83. The number of methoxy groups -OCH3 is 1. The Labute approximate surface area is 262 Å². The third kappa shape index (κ3) is 5.17. The van der Waals surface area contributed by atoms with Crippen molar-refractivity contribution in [3.63, 3.8) is 0 Å². The minimum absolute atomic E-state index is 0.318. The van der Waals surface area contributed by atoms with Gasteiger partial charge in [0.1, 0.15) is 28.6 Å². The first-order chi connectivity index (χ1) is 22.0. The van der Waals surface area contributed by atoms with Gasteiger partial charge in [-0.25, -0.2) is 9.18 Å². The van der Waals surface area contributed by atoms with Crippen LogP contribution in [0.3, 0.4) is 0 Å². The van der Waals surface area contributed by atoms with Gasteiger partial charge in [-0.3, -0.25) is 0 Å². The summed E-state index contributed by atoms with van der Waals surface area (Å²) in [5.41, 5.74) is 1.38. The second-order valence-corrected chi connectivity index (χ2v) is 11.6. The number of morpholine rings is 1. The standard InChI is InChI=1S/C37H36FNO6/c1-3-4-5-10-32-43-35-28-9-7-6-8-27(28)34-29(33(35)36(40)44-32)17-18-37(45-34,24-11-14-26(41-2)15-12-24)30-16-13-25(23-31(30)38)39-19-21-42-22-20-39/h6-9,11-18,23,32H,3-5,10,19-22H2,1-2H3/t32-,37?/m0/s1. The van der Waals surface area contributed by atoms with Crippen molar-refractivity contribution in [1.29, 1.82) is 0 Å². The maximum atomic E-state index is 16.4. The summed E-state index contributed by atoms with van der Waals surface area (Å²) in [6.07, 6.45) is 6.62. The van der Waals surface area contributed by atoms with E-state index in [1.54, 1.807) is 19.2 Å². The molecule has 7 rings (SSSR count). The molecule has 0 saturated carbocycles. The Morgan fingerprint density at radius 2 is 1.71 bits per heavy atom. The fraction of sp³-hybridized carbons (Fsp3) is 0.324. The first-order valence-electron chi connectivity index (χ1n) is 15.6. The molecule has 1 unspecified atom stereocenters. The van der Waals surface area contributed by atoms with Gasteiger partial charge in [0.2, 0.25) is 6.29 Å². The Balaban J connectivity index is 1.38. The average molecular weight is 610 g/mol. The summed E-state index contributed by atoms with van der Waals surface area (Å²) in [6, 6.07) is 20.4. The summed E-state index contributed by atoms with van der Waals surface area (Å²) >= 11 is 0. The van der Waals surface area contributed by atoms with Crippen molar-refractivity contribution >= 4 is 28.5 Å². The Hall–Kier alpha value is -4.56. The number of halogens is 1. The van der Waals surface area contributed by atoms with E-state index in [9.17, 15) is 4.79 Å². The monoisotopic (exact) mass is 609 g/mol. The summed E-state index contributed by atoms with van der Waals surface area (Å²) in [4.78, 5) is 15.7. The number of esters is 1. The average Bonchev–Trinajstić information content (AvgIpc) is 3.08. The number of ether oxygens (including phenoxy) is 5. The van der Waals surface area contributed by atoms with Gasteiger partial charge in [-0.2, -0.15) is 0 Å². The van der Waals surface area contributed by atoms with Crippen LogP contribution < -0.4 is 19.1 Å². The van der Waals surface area contributed by atoms with Crippen LogP contribution in [0.5, 0.6) is 17.2 Å². The molecule has 3 aliphatic heterocycles. The Morgan fingerprint density at radius 3 is 2.42 bits per heavy atom. The minimum Gasteiger partial charge on any atom is -0.497 e. The number of benzene rings is 4. The maximum Gasteiger partial charge on any atom is 0.345 e. The normalized spacial score (nSPS) is 20.6. The molecule has 0 aromatic heterocycles. The first kappa shape index (κ1) is 29.2. The summed E-state index contributed by atoms with van der Waals surface area (Å²) in [5, 5.41) is 1.51. The van der Waals surface area contributed by atoms with Crippen molar-refractivity contribution in [1.82, 2.24) is 0 Å². The van der Waals surface area contributed by atoms with E-state index in [2.05, 4.69) is 11.8 Å². The van der Waals surface area contributed by atoms with E-state index >= 15 is 4.39 Å². The smallest absolute Gasteiger partial charge is 0.345 e. The van der Waals surface area contributed by atoms with E-state index in [4.69, 9.17) is 23.7 Å². The zero-order chi connectivity index (χ0) is 31.0. The van der Waals surface area contributed by atoms with Gasteiger partial charge in [0, 0.05) is 52.7 Å². The van der Waals surface area contributed by atoms with Crippen molar-refractivity contribution in [2.45, 2.75) is 44.5 Å². The number of cyclic esters (lactones) is 1. The number of unbranched alkanes of at least 4 members (excludes halogenated alkanes) is 2. The highest BCUT2D eigenvalue weighted by Gasteiger charge is 2.43. The molecule has 3 heterocycles. The van der Waals surface area contributed by atoms with Crippen LogP contribution >= 0.6 is 0 Å². The predicted octanol–water partition coefficient (Wildman–Crippen LogP) is 7.63. The molecular formula is C37H36FNO6. The second kappa shape index (κ2) is 12.1. The fourth-order valence-electron chi connectivity index (χ4n) is 6.51. The SMILES string of the molecule is CCCCC[C@@H]1OC(=O)c2c3c(c4ccccc4c2O1)OC(c1ccc(OC)cc1)(c1ccc(N2CCOCC2)cc1F)C=C3. The molecule has 0 amide bonds. The molecule has 1 fully saturated rings. The molecule has 1 saturated heterocycles. The highest BCUT2D eigenvalue weighted by molar-refractivity contribution is 6.09. The maximum absolute atomic E-state index is 16.4. The lowest BCUT2D eigenvalue weighted by atomic mass is 9.82. The van der Waals surface area contributed by atoms with Crippen LogP contribution in [0.15, 0.2) is 72.8 Å². The molecule has 0 aliphatic carbocycles. The van der Waals surface area contributed by atoms with E-state index in [0.717, 1.165) is 35.7 Å². The first-order valence-corrected chi connectivity index (χ1v) is 15.6. The lowest BCUT2D eigenvalue weighted by Gasteiger charge is -2.38. The molecule has 0 N–H and O–H groups in total. The van der Waals surface area contributed by atoms with Crippen LogP contribution in [-0.4, -0.2) is 45.7 Å². The molecule has 0 spiro atoms. The van der Waals surface area contributed by atoms with Gasteiger partial charge in [-0.05, 0) is 48.9 Å². The largest absolute Gasteiger partial charge is 0.497 e. The van der Waals surface area contributed by atoms with Gasteiger partial charge in [0.25, 0.3) is 0 Å². The van der Waals surface area contributed by atoms with Crippen molar-refractivity contribution in [2.24, 2.45) is 0 Å². The molecule has 3 aliphatic rings. The van der Waals surface area contributed by atoms with E-state index < -0.39 is 23.7 Å². The third-order valence-electron chi connectivity index (χ3n) is 8.89. The van der Waals surface area contributed by atoms with E-state index in [1.165, 1.54) is 0 Å². The zero-order valence-electron chi connectivity index (χ0n) is 25.5. The molecular weight excluding hydrogens is 573 g/mol. The van der Waals surface area contributed by atoms with Crippen LogP contribution in [0, 0.1) is 5.82 Å². The summed E-state index contributed by atoms with van der Waals surface area (Å²) in [6.45, 7) is 4.73. The molecule has 0 bridgehead atoms. The summed E-state index contributed by atoms with van der Waals surface area (Å²) < 4.78 is 46.4. The molecule has 7 nitrogen and oxygen atoms in total. The van der Waals surface area contributed by atoms with Crippen LogP contribution in [0.25, 0.3) is 16.8 Å². The third-order valence-corrected chi connectivity index (χ3v) is 8.89. The molecule has 232 valence electrons. The number of hydrogen-bond acceptors (Lipinski definition) is 7. The van der Waals surface area contributed by atoms with Gasteiger partial charge in [-0.1, -0.05) is 56.2 Å². The quantitative estimate of drug-likeness (QED) is 0.150. The fourth-order valence-corrected chi connectivity index (χ4v) is 6.51. The van der Waals surface area contributed by atoms with E-state index in [1.807, 2.05) is 66.7 Å². The van der Waals surface area contributed by atoms with E-state index in [0.29, 0.717) is 72.2 Å². The highest BCUT2D eigenvalue weighted by atomic mass is 19.1. The van der Waals surface area contributed by atoms with E-state index in [-0.39, 0.29) is 0 Å². The number of anilines is 1. The van der Waals surface area contributed by atoms with Crippen molar-refractivity contribution in [3.8, 4) is 17.2 Å². The van der Waals surface area contributed by atoms with Crippen LogP contribution in [0.4, 0.5) is 10.1 Å². The van der Waals surface area contributed by atoms with Crippen LogP contribution in [-0.2, 0) is 15.1 Å². The van der Waals surface area contributed by atoms with Gasteiger partial charge in [-0.15, -0.1) is 0 Å². The molecule has 8 heteroatoms. The molecule has 4 aromatic rings. The lowest BCUT2D eigenvalue weighted by Crippen LogP contribution is -2.38. The summed E-state index contributed by atoms with van der Waals surface area (Å²) in [5.74, 6) is 0.775. The Morgan fingerprint density at radius 1 is 0.956 bits per heavy atom. The highest BCUT2D eigenvalue weighted by Crippen LogP contribution is 2.51. The van der Waals surface area contributed by atoms with Crippen molar-refractivity contribution in [3.05, 3.63) is 101 Å². The number of carbonyl (C=O) groups excluding carboxylic acids is 1.